The molecule has 2 nitrogen and oxygen atoms in total. The Labute approximate surface area is 107 Å². The third kappa shape index (κ3) is 2.82. The van der Waals surface area contributed by atoms with E-state index in [4.69, 9.17) is 0 Å². The summed E-state index contributed by atoms with van der Waals surface area (Å²) in [7, 11) is 0. The molecular formula is C13H23F3N2. The van der Waals surface area contributed by atoms with Crippen molar-refractivity contribution in [2.45, 2.75) is 57.3 Å². The molecule has 106 valence electrons. The van der Waals surface area contributed by atoms with Gasteiger partial charge in [0, 0.05) is 24.2 Å². The highest BCUT2D eigenvalue weighted by molar-refractivity contribution is 5.08. The molecule has 5 heteroatoms. The lowest BCUT2D eigenvalue weighted by atomic mass is 9.84. The number of piperazine rings is 1. The first-order valence-electron chi connectivity index (χ1n) is 6.75. The van der Waals surface area contributed by atoms with Crippen molar-refractivity contribution in [2.75, 3.05) is 19.6 Å². The Kier molecular flexibility index (Phi) is 3.43. The Balaban J connectivity index is 2.16. The topological polar surface area (TPSA) is 15.3 Å². The van der Waals surface area contributed by atoms with Gasteiger partial charge in [-0.05, 0) is 39.0 Å². The SMILES string of the molecule is CCC1(C)CN(CC(F)(F)F)C(C)(C2CC2)CN1. The zero-order chi connectivity index (χ0) is 13.6. The Morgan fingerprint density at radius 1 is 1.28 bits per heavy atom. The molecule has 1 N–H and O–H groups in total. The molecule has 18 heavy (non-hydrogen) atoms. The van der Waals surface area contributed by atoms with Crippen LogP contribution in [0.25, 0.3) is 0 Å². The molecule has 2 unspecified atom stereocenters. The summed E-state index contributed by atoms with van der Waals surface area (Å²) in [5, 5.41) is 3.46. The molecule has 0 aromatic carbocycles. The number of rotatable bonds is 3. The first-order valence-corrected chi connectivity index (χ1v) is 6.75. The van der Waals surface area contributed by atoms with E-state index in [1.807, 2.05) is 20.8 Å². The fourth-order valence-corrected chi connectivity index (χ4v) is 2.96. The molecule has 1 aliphatic heterocycles. The molecule has 1 saturated carbocycles. The second kappa shape index (κ2) is 4.37. The van der Waals surface area contributed by atoms with Gasteiger partial charge < -0.3 is 5.32 Å². The van der Waals surface area contributed by atoms with Gasteiger partial charge in [-0.25, -0.2) is 0 Å². The highest BCUT2D eigenvalue weighted by atomic mass is 19.4. The van der Waals surface area contributed by atoms with Crippen LogP contribution in [0.1, 0.15) is 40.0 Å². The number of hydrogen-bond acceptors (Lipinski definition) is 2. The van der Waals surface area contributed by atoms with Gasteiger partial charge >= 0.3 is 6.18 Å². The molecule has 0 bridgehead atoms. The number of halogens is 3. The first kappa shape index (κ1) is 14.1. The van der Waals surface area contributed by atoms with E-state index in [9.17, 15) is 13.2 Å². The Hall–Kier alpha value is -0.290. The first-order chi connectivity index (χ1) is 8.19. The third-order valence-corrected chi connectivity index (χ3v) is 4.74. The molecule has 2 atom stereocenters. The second-order valence-electron chi connectivity index (χ2n) is 6.37. The van der Waals surface area contributed by atoms with Crippen molar-refractivity contribution in [1.82, 2.24) is 10.2 Å². The van der Waals surface area contributed by atoms with E-state index < -0.39 is 12.7 Å². The average molecular weight is 264 g/mol. The minimum absolute atomic E-state index is 0.195. The van der Waals surface area contributed by atoms with Crippen molar-refractivity contribution < 1.29 is 13.2 Å². The molecule has 2 aliphatic rings. The summed E-state index contributed by atoms with van der Waals surface area (Å²) < 4.78 is 38.3. The maximum Gasteiger partial charge on any atom is 0.401 e. The molecule has 1 aliphatic carbocycles. The fraction of sp³-hybridized carbons (Fsp3) is 1.00. The van der Waals surface area contributed by atoms with E-state index >= 15 is 0 Å². The van der Waals surface area contributed by atoms with Gasteiger partial charge in [-0.1, -0.05) is 6.92 Å². The quantitative estimate of drug-likeness (QED) is 0.843. The van der Waals surface area contributed by atoms with Gasteiger partial charge in [0.15, 0.2) is 0 Å². The second-order valence-corrected chi connectivity index (χ2v) is 6.37. The zero-order valence-corrected chi connectivity index (χ0v) is 11.4. The van der Waals surface area contributed by atoms with E-state index in [0.717, 1.165) is 19.3 Å². The molecule has 2 fully saturated rings. The molecule has 1 heterocycles. The summed E-state index contributed by atoms with van der Waals surface area (Å²) in [5.41, 5.74) is -0.524. The highest BCUT2D eigenvalue weighted by Crippen LogP contribution is 2.45. The monoisotopic (exact) mass is 264 g/mol. The minimum Gasteiger partial charge on any atom is -0.308 e. The predicted octanol–water partition coefficient (Wildman–Crippen LogP) is 2.79. The van der Waals surface area contributed by atoms with Crippen LogP contribution in [0.4, 0.5) is 13.2 Å². The van der Waals surface area contributed by atoms with Gasteiger partial charge in [0.2, 0.25) is 0 Å². The van der Waals surface area contributed by atoms with Gasteiger partial charge in [0.25, 0.3) is 0 Å². The molecule has 1 saturated heterocycles. The van der Waals surface area contributed by atoms with Crippen molar-refractivity contribution in [3.63, 3.8) is 0 Å². The van der Waals surface area contributed by atoms with Crippen molar-refractivity contribution in [2.24, 2.45) is 5.92 Å². The van der Waals surface area contributed by atoms with E-state index in [0.29, 0.717) is 19.0 Å². The van der Waals surface area contributed by atoms with Crippen molar-refractivity contribution in [3.8, 4) is 0 Å². The Bertz CT molecular complexity index is 314. The van der Waals surface area contributed by atoms with Gasteiger partial charge in [-0.2, -0.15) is 13.2 Å². The van der Waals surface area contributed by atoms with Crippen molar-refractivity contribution in [3.05, 3.63) is 0 Å². The number of nitrogens with one attached hydrogen (secondary N) is 1. The third-order valence-electron chi connectivity index (χ3n) is 4.74. The molecule has 2 rings (SSSR count). The fourth-order valence-electron chi connectivity index (χ4n) is 2.96. The summed E-state index contributed by atoms with van der Waals surface area (Å²) in [6.45, 7) is 6.39. The van der Waals surface area contributed by atoms with Crippen molar-refractivity contribution >= 4 is 0 Å². The maximum absolute atomic E-state index is 12.8. The van der Waals surface area contributed by atoms with Crippen LogP contribution in [0.5, 0.6) is 0 Å². The minimum atomic E-state index is -4.11. The van der Waals surface area contributed by atoms with E-state index in [-0.39, 0.29) is 11.1 Å². The van der Waals surface area contributed by atoms with Crippen LogP contribution in [0.15, 0.2) is 0 Å². The van der Waals surface area contributed by atoms with Crippen LogP contribution in [0.3, 0.4) is 0 Å². The molecule has 0 aromatic rings. The normalized spacial score (nSPS) is 39.0. The summed E-state index contributed by atoms with van der Waals surface area (Å²) in [5.74, 6) is 0.425. The van der Waals surface area contributed by atoms with Crippen LogP contribution in [0, 0.1) is 5.92 Å². The van der Waals surface area contributed by atoms with Crippen LogP contribution in [-0.2, 0) is 0 Å². The lowest BCUT2D eigenvalue weighted by Gasteiger charge is -2.52. The molecule has 0 aromatic heterocycles. The lowest BCUT2D eigenvalue weighted by Crippen LogP contribution is -2.69. The molecule has 0 amide bonds. The van der Waals surface area contributed by atoms with Crippen molar-refractivity contribution in [1.29, 1.82) is 0 Å². The summed E-state index contributed by atoms with van der Waals surface area (Å²) in [4.78, 5) is 1.67. The predicted molar refractivity (Wildman–Crippen MR) is 65.5 cm³/mol. The number of nitrogens with zero attached hydrogens (tertiary/aromatic N) is 1. The Morgan fingerprint density at radius 2 is 1.89 bits per heavy atom. The van der Waals surface area contributed by atoms with Crippen LogP contribution >= 0.6 is 0 Å². The summed E-state index contributed by atoms with van der Waals surface area (Å²) in [6.07, 6.45) is -1.13. The molecule has 0 radical (unpaired) electrons. The van der Waals surface area contributed by atoms with Gasteiger partial charge in [-0.3, -0.25) is 4.90 Å². The van der Waals surface area contributed by atoms with E-state index in [1.54, 1.807) is 4.90 Å². The molecular weight excluding hydrogens is 241 g/mol. The molecule has 0 spiro atoms. The van der Waals surface area contributed by atoms with Gasteiger partial charge in [-0.15, -0.1) is 0 Å². The highest BCUT2D eigenvalue weighted by Gasteiger charge is 2.52. The van der Waals surface area contributed by atoms with Gasteiger partial charge in [0.1, 0.15) is 0 Å². The number of alkyl halides is 3. The van der Waals surface area contributed by atoms with Crippen LogP contribution in [0.2, 0.25) is 0 Å². The van der Waals surface area contributed by atoms with Crippen LogP contribution in [-0.4, -0.2) is 41.8 Å². The Morgan fingerprint density at radius 3 is 2.33 bits per heavy atom. The van der Waals surface area contributed by atoms with E-state index in [1.165, 1.54) is 0 Å². The van der Waals surface area contributed by atoms with Crippen LogP contribution < -0.4 is 5.32 Å². The lowest BCUT2D eigenvalue weighted by molar-refractivity contribution is -0.168. The maximum atomic E-state index is 12.8. The van der Waals surface area contributed by atoms with E-state index in [2.05, 4.69) is 5.32 Å². The van der Waals surface area contributed by atoms with Gasteiger partial charge in [0.05, 0.1) is 6.54 Å². The number of hydrogen-bond donors (Lipinski definition) is 1. The zero-order valence-electron chi connectivity index (χ0n) is 11.4. The standard InChI is InChI=1S/C13H23F3N2/c1-4-11(2)8-18(9-13(14,15)16)12(3,7-17-11)10-5-6-10/h10,17H,4-9H2,1-3H3. The largest absolute Gasteiger partial charge is 0.401 e. The smallest absolute Gasteiger partial charge is 0.308 e. The summed E-state index contributed by atoms with van der Waals surface area (Å²) >= 11 is 0. The summed E-state index contributed by atoms with van der Waals surface area (Å²) in [6, 6.07) is 0. The average Bonchev–Trinajstić information content (AvgIpc) is 3.06.